The van der Waals surface area contributed by atoms with Crippen LogP contribution >= 0.6 is 11.3 Å². The first kappa shape index (κ1) is 32.6. The lowest BCUT2D eigenvalue weighted by Gasteiger charge is -2.50. The highest BCUT2D eigenvalue weighted by atomic mass is 32.1. The number of aliphatic hydroxyl groups excluding tert-OH is 1. The Morgan fingerprint density at radius 3 is 2.56 bits per heavy atom. The number of anilines is 1. The van der Waals surface area contributed by atoms with Crippen LogP contribution in [0.15, 0.2) is 60.2 Å². The Bertz CT molecular complexity index is 1450. The molecule has 0 spiro atoms. The van der Waals surface area contributed by atoms with Crippen molar-refractivity contribution in [2.45, 2.75) is 50.4 Å². The summed E-state index contributed by atoms with van der Waals surface area (Å²) < 4.78 is 54.1. The van der Waals surface area contributed by atoms with Crippen LogP contribution in [0.1, 0.15) is 48.5 Å². The molecule has 0 bridgehead atoms. The molecule has 2 aliphatic rings. The second kappa shape index (κ2) is 14.1. The molecule has 4 heterocycles. The maximum Gasteiger partial charge on any atom is 0.417 e. The van der Waals surface area contributed by atoms with Crippen LogP contribution in [-0.2, 0) is 11.0 Å². The molecule has 9 nitrogen and oxygen atoms in total. The van der Waals surface area contributed by atoms with E-state index in [1.54, 1.807) is 17.0 Å². The Kier molecular flexibility index (Phi) is 10.2. The monoisotopic (exact) mass is 646 g/mol. The van der Waals surface area contributed by atoms with Gasteiger partial charge in [0.25, 0.3) is 11.8 Å². The van der Waals surface area contributed by atoms with E-state index in [9.17, 15) is 27.9 Å². The van der Waals surface area contributed by atoms with E-state index in [1.807, 2.05) is 36.6 Å². The molecule has 2 amide bonds. The molecule has 2 atom stereocenters. The minimum Gasteiger partial charge on any atom is -0.489 e. The number of para-hydroxylation sites is 2. The number of carbonyl (C=O) groups is 2. The van der Waals surface area contributed by atoms with Crippen molar-refractivity contribution in [3.63, 3.8) is 0 Å². The number of piperazine rings is 1. The molecule has 45 heavy (non-hydrogen) atoms. The standard InChI is InChI=1S/C32H37F3N4O5S/c1-2-7-27-31(44-28-10-5-21-45-28,12-6-14-39(27)29(41)23-22-36-13-11-24(23)32(33,34)35)30(42)38-17-15-37(16-18-38)25-8-3-4-9-26(25)43-20-19-40/h3-5,8-11,13,21-22,27,40H,2,6-7,12,14-20H2,1H3/t27-,31+/m1/s1. The summed E-state index contributed by atoms with van der Waals surface area (Å²) in [6, 6.07) is 11.1. The van der Waals surface area contributed by atoms with Crippen LogP contribution in [0.5, 0.6) is 10.8 Å². The molecule has 242 valence electrons. The number of pyridine rings is 1. The first-order valence-electron chi connectivity index (χ1n) is 15.1. The molecule has 2 aliphatic heterocycles. The number of halogens is 3. The number of ether oxygens (including phenoxy) is 2. The number of benzene rings is 1. The van der Waals surface area contributed by atoms with Gasteiger partial charge >= 0.3 is 6.18 Å². The largest absolute Gasteiger partial charge is 0.489 e. The van der Waals surface area contributed by atoms with E-state index in [4.69, 9.17) is 9.47 Å². The molecule has 2 saturated heterocycles. The minimum absolute atomic E-state index is 0.111. The van der Waals surface area contributed by atoms with Gasteiger partial charge in [-0.1, -0.05) is 25.5 Å². The SMILES string of the molecule is CCC[C@H]1N(C(=O)c2cnccc2C(F)(F)F)CCC[C@@]1(Oc1cccs1)C(=O)N1CCN(c2ccccc2OCCO)CC1. The highest BCUT2D eigenvalue weighted by molar-refractivity contribution is 7.11. The number of carbonyl (C=O) groups excluding carboxylic acids is 2. The van der Waals surface area contributed by atoms with Gasteiger partial charge in [-0.15, -0.1) is 11.3 Å². The Morgan fingerprint density at radius 1 is 1.09 bits per heavy atom. The summed E-state index contributed by atoms with van der Waals surface area (Å²) in [6.45, 7) is 3.91. The van der Waals surface area contributed by atoms with Crippen molar-refractivity contribution in [1.82, 2.24) is 14.8 Å². The van der Waals surface area contributed by atoms with Crippen molar-refractivity contribution in [1.29, 1.82) is 0 Å². The van der Waals surface area contributed by atoms with Crippen molar-refractivity contribution < 1.29 is 37.3 Å². The first-order valence-corrected chi connectivity index (χ1v) is 16.0. The Labute approximate surface area is 264 Å². The lowest BCUT2D eigenvalue weighted by Crippen LogP contribution is -2.69. The Morgan fingerprint density at radius 2 is 1.87 bits per heavy atom. The molecule has 0 radical (unpaired) electrons. The molecule has 0 unspecified atom stereocenters. The van der Waals surface area contributed by atoms with Gasteiger partial charge in [0.1, 0.15) is 12.4 Å². The van der Waals surface area contributed by atoms with Gasteiger partial charge in [0.15, 0.2) is 5.06 Å². The zero-order valence-electron chi connectivity index (χ0n) is 25.0. The van der Waals surface area contributed by atoms with E-state index >= 15 is 0 Å². The summed E-state index contributed by atoms with van der Waals surface area (Å²) in [5.74, 6) is -0.453. The van der Waals surface area contributed by atoms with Crippen molar-refractivity contribution >= 4 is 28.8 Å². The summed E-state index contributed by atoms with van der Waals surface area (Å²) in [7, 11) is 0. The fourth-order valence-corrected chi connectivity index (χ4v) is 6.93. The molecule has 0 saturated carbocycles. The average molecular weight is 647 g/mol. The molecule has 0 aliphatic carbocycles. The topological polar surface area (TPSA) is 95.4 Å². The Balaban J connectivity index is 1.45. The number of amides is 2. The zero-order chi connectivity index (χ0) is 32.0. The van der Waals surface area contributed by atoms with Gasteiger partial charge in [-0.3, -0.25) is 14.6 Å². The van der Waals surface area contributed by atoms with Gasteiger partial charge in [0.2, 0.25) is 5.60 Å². The molecule has 2 aromatic heterocycles. The number of nitrogens with zero attached hydrogens (tertiary/aromatic N) is 4. The molecular weight excluding hydrogens is 609 g/mol. The fraction of sp³-hybridized carbons (Fsp3) is 0.469. The smallest absolute Gasteiger partial charge is 0.417 e. The van der Waals surface area contributed by atoms with E-state index in [2.05, 4.69) is 9.88 Å². The number of thiophene rings is 1. The highest BCUT2D eigenvalue weighted by Crippen LogP contribution is 2.41. The van der Waals surface area contributed by atoms with Crippen LogP contribution in [-0.4, -0.2) is 89.3 Å². The molecule has 13 heteroatoms. The fourth-order valence-electron chi connectivity index (χ4n) is 6.29. The third-order valence-corrected chi connectivity index (χ3v) is 9.05. The van der Waals surface area contributed by atoms with Crippen LogP contribution in [0.4, 0.5) is 18.9 Å². The number of rotatable bonds is 10. The zero-order valence-corrected chi connectivity index (χ0v) is 25.9. The lowest BCUT2D eigenvalue weighted by atomic mass is 9.79. The summed E-state index contributed by atoms with van der Waals surface area (Å²) >= 11 is 1.32. The second-order valence-electron chi connectivity index (χ2n) is 11.1. The summed E-state index contributed by atoms with van der Waals surface area (Å²) in [6.07, 6.45) is -1.15. The summed E-state index contributed by atoms with van der Waals surface area (Å²) in [5, 5.41) is 11.6. The van der Waals surface area contributed by atoms with E-state index in [0.717, 1.165) is 24.1 Å². The van der Waals surface area contributed by atoms with Gasteiger partial charge in [-0.05, 0) is 48.6 Å². The summed E-state index contributed by atoms with van der Waals surface area (Å²) in [5.41, 5.74) is -2.22. The average Bonchev–Trinajstić information content (AvgIpc) is 3.57. The first-order chi connectivity index (χ1) is 21.7. The van der Waals surface area contributed by atoms with Crippen molar-refractivity contribution in [2.24, 2.45) is 0 Å². The van der Waals surface area contributed by atoms with E-state index in [0.29, 0.717) is 62.7 Å². The number of likely N-dealkylation sites (tertiary alicyclic amines) is 1. The lowest BCUT2D eigenvalue weighted by molar-refractivity contribution is -0.159. The number of hydrogen-bond donors (Lipinski definition) is 1. The Hall–Kier alpha value is -3.84. The summed E-state index contributed by atoms with van der Waals surface area (Å²) in [4.78, 5) is 37.7. The maximum absolute atomic E-state index is 14.7. The van der Waals surface area contributed by atoms with E-state index in [-0.39, 0.29) is 25.7 Å². The van der Waals surface area contributed by atoms with Crippen LogP contribution < -0.4 is 14.4 Å². The number of aliphatic hydroxyl groups is 1. The normalized spacial score (nSPS) is 20.6. The maximum atomic E-state index is 14.7. The van der Waals surface area contributed by atoms with Gasteiger partial charge in [-0.25, -0.2) is 0 Å². The molecule has 5 rings (SSSR count). The van der Waals surface area contributed by atoms with Crippen molar-refractivity contribution in [3.8, 4) is 10.8 Å². The van der Waals surface area contributed by atoms with Crippen LogP contribution in [0, 0.1) is 0 Å². The number of piperidine rings is 1. The van der Waals surface area contributed by atoms with Crippen molar-refractivity contribution in [2.75, 3.05) is 50.8 Å². The van der Waals surface area contributed by atoms with Crippen LogP contribution in [0.25, 0.3) is 0 Å². The van der Waals surface area contributed by atoms with Crippen molar-refractivity contribution in [3.05, 3.63) is 71.4 Å². The molecule has 1 aromatic carbocycles. The van der Waals surface area contributed by atoms with Crippen LogP contribution in [0.3, 0.4) is 0 Å². The minimum atomic E-state index is -4.74. The van der Waals surface area contributed by atoms with Gasteiger partial charge in [-0.2, -0.15) is 13.2 Å². The third-order valence-electron chi connectivity index (χ3n) is 8.30. The predicted octanol–water partition coefficient (Wildman–Crippen LogP) is 5.10. The van der Waals surface area contributed by atoms with Crippen LogP contribution in [0.2, 0.25) is 0 Å². The molecule has 1 N–H and O–H groups in total. The van der Waals surface area contributed by atoms with E-state index < -0.39 is 34.9 Å². The number of hydrogen-bond acceptors (Lipinski definition) is 8. The van der Waals surface area contributed by atoms with E-state index in [1.165, 1.54) is 16.2 Å². The number of alkyl halides is 3. The second-order valence-corrected chi connectivity index (χ2v) is 12.0. The highest BCUT2D eigenvalue weighted by Gasteiger charge is 2.56. The molecular formula is C32H37F3N4O5S. The van der Waals surface area contributed by atoms with Gasteiger partial charge in [0, 0.05) is 51.5 Å². The third kappa shape index (κ3) is 6.89. The predicted molar refractivity (Wildman–Crippen MR) is 164 cm³/mol. The quantitative estimate of drug-likeness (QED) is 0.328. The molecule has 3 aromatic rings. The molecule has 2 fully saturated rings. The van der Waals surface area contributed by atoms with Gasteiger partial charge < -0.3 is 29.3 Å². The number of aromatic nitrogens is 1. The van der Waals surface area contributed by atoms with Gasteiger partial charge in [0.05, 0.1) is 29.5 Å².